The Kier molecular flexibility index (Phi) is 16.6. The van der Waals surface area contributed by atoms with Crippen LogP contribution in [0.5, 0.6) is 0 Å². The number of carbonyl (C=O) groups is 3. The number of aromatic carboxylic acids is 1. The molecule has 33 heavy (non-hydrogen) atoms. The van der Waals surface area contributed by atoms with Crippen molar-refractivity contribution in [1.82, 2.24) is 0 Å². The maximum atomic E-state index is 10.5. The molecule has 9 nitrogen and oxygen atoms in total. The van der Waals surface area contributed by atoms with E-state index >= 15 is 0 Å². The molecule has 9 N–H and O–H groups in total. The maximum absolute atomic E-state index is 10.5. The van der Waals surface area contributed by atoms with Gasteiger partial charge in [0.2, 0.25) is 0 Å². The lowest BCUT2D eigenvalue weighted by Gasteiger charge is -2.24. The number of benzene rings is 1. The van der Waals surface area contributed by atoms with Crippen molar-refractivity contribution in [3.8, 4) is 0 Å². The minimum absolute atomic E-state index is 0.0993. The molecule has 1 saturated carbocycles. The number of carboxylic acids is 3. The summed E-state index contributed by atoms with van der Waals surface area (Å²) >= 11 is 0. The van der Waals surface area contributed by atoms with Crippen LogP contribution >= 0.6 is 0 Å². The Labute approximate surface area is 196 Å². The van der Waals surface area contributed by atoms with E-state index in [1.54, 1.807) is 24.3 Å². The molecule has 0 amide bonds. The standard InChI is InChI=1S/C8H15NO2.C8H9NO2.C8H17NO2/c2*9-5-6-1-3-7(4-2-6)8(10)11;1-2-4-7(9)5-3-6-8(10)11/h6-7H,1-5,9H2,(H,10,11);1-4H,5,9H2,(H,10,11);7H,2-6,9H2,1H3,(H,10,11)/t6-,7-;;. The minimum Gasteiger partial charge on any atom is -0.481 e. The SMILES string of the molecule is CCCC(N)CCCC(=O)O.NC[C@H]1CC[C@H](C(=O)O)CC1.NCc1ccc(C(=O)O)cc1. The van der Waals surface area contributed by atoms with E-state index in [-0.39, 0.29) is 18.4 Å². The average molecular weight is 468 g/mol. The summed E-state index contributed by atoms with van der Waals surface area (Å²) in [5, 5.41) is 25.5. The maximum Gasteiger partial charge on any atom is 0.335 e. The second kappa shape index (κ2) is 18.0. The van der Waals surface area contributed by atoms with E-state index in [1.807, 2.05) is 0 Å². The summed E-state index contributed by atoms with van der Waals surface area (Å²) in [6, 6.07) is 6.71. The van der Waals surface area contributed by atoms with E-state index in [0.29, 0.717) is 31.0 Å². The van der Waals surface area contributed by atoms with Crippen LogP contribution in [-0.4, -0.2) is 45.8 Å². The van der Waals surface area contributed by atoms with Crippen LogP contribution in [0.3, 0.4) is 0 Å². The second-order valence-corrected chi connectivity index (χ2v) is 8.33. The van der Waals surface area contributed by atoms with Crippen molar-refractivity contribution >= 4 is 17.9 Å². The molecule has 188 valence electrons. The zero-order valence-corrected chi connectivity index (χ0v) is 19.6. The van der Waals surface area contributed by atoms with Gasteiger partial charge in [0.15, 0.2) is 0 Å². The summed E-state index contributed by atoms with van der Waals surface area (Å²) in [6.07, 6.45) is 7.48. The van der Waals surface area contributed by atoms with Crippen LogP contribution in [0.15, 0.2) is 24.3 Å². The Morgan fingerprint density at radius 1 is 0.970 bits per heavy atom. The highest BCUT2D eigenvalue weighted by atomic mass is 16.4. The number of hydrogen-bond donors (Lipinski definition) is 6. The molecule has 0 saturated heterocycles. The molecular weight excluding hydrogens is 426 g/mol. The van der Waals surface area contributed by atoms with Crippen molar-refractivity contribution in [3.05, 3.63) is 35.4 Å². The Morgan fingerprint density at radius 2 is 1.55 bits per heavy atom. The van der Waals surface area contributed by atoms with Gasteiger partial charge in [-0.15, -0.1) is 0 Å². The molecule has 1 aliphatic carbocycles. The summed E-state index contributed by atoms with van der Waals surface area (Å²) in [4.78, 5) is 31.0. The summed E-state index contributed by atoms with van der Waals surface area (Å²) in [5.41, 5.74) is 17.7. The molecule has 1 aromatic carbocycles. The fraction of sp³-hybridized carbons (Fsp3) is 0.625. The normalized spacial score (nSPS) is 18.1. The third kappa shape index (κ3) is 15.1. The van der Waals surface area contributed by atoms with Crippen molar-refractivity contribution < 1.29 is 29.7 Å². The molecule has 0 aromatic heterocycles. The van der Waals surface area contributed by atoms with Gasteiger partial charge in [0.1, 0.15) is 0 Å². The van der Waals surface area contributed by atoms with Gasteiger partial charge in [0.25, 0.3) is 0 Å². The number of nitrogens with two attached hydrogens (primary N) is 3. The van der Waals surface area contributed by atoms with Crippen LogP contribution in [-0.2, 0) is 16.1 Å². The molecule has 0 bridgehead atoms. The Morgan fingerprint density at radius 3 is 1.94 bits per heavy atom. The van der Waals surface area contributed by atoms with Gasteiger partial charge in [-0.3, -0.25) is 9.59 Å². The van der Waals surface area contributed by atoms with Crippen molar-refractivity contribution in [3.63, 3.8) is 0 Å². The van der Waals surface area contributed by atoms with Crippen molar-refractivity contribution in [2.45, 2.75) is 77.3 Å². The first-order valence-corrected chi connectivity index (χ1v) is 11.6. The highest BCUT2D eigenvalue weighted by Gasteiger charge is 2.24. The third-order valence-corrected chi connectivity index (χ3v) is 5.59. The first kappa shape index (κ1) is 30.5. The lowest BCUT2D eigenvalue weighted by Crippen LogP contribution is -2.25. The van der Waals surface area contributed by atoms with Gasteiger partial charge < -0.3 is 32.5 Å². The third-order valence-electron chi connectivity index (χ3n) is 5.59. The van der Waals surface area contributed by atoms with E-state index in [4.69, 9.17) is 32.5 Å². The van der Waals surface area contributed by atoms with E-state index < -0.39 is 17.9 Å². The zero-order chi connectivity index (χ0) is 25.2. The van der Waals surface area contributed by atoms with Gasteiger partial charge in [-0.25, -0.2) is 4.79 Å². The summed E-state index contributed by atoms with van der Waals surface area (Å²) < 4.78 is 0. The molecule has 1 fully saturated rings. The molecular formula is C24H41N3O6. The van der Waals surface area contributed by atoms with Gasteiger partial charge in [0, 0.05) is 19.0 Å². The molecule has 0 aliphatic heterocycles. The number of aliphatic carboxylic acids is 2. The van der Waals surface area contributed by atoms with Crippen molar-refractivity contribution in [2.24, 2.45) is 29.0 Å². The molecule has 1 aliphatic rings. The van der Waals surface area contributed by atoms with Gasteiger partial charge in [0.05, 0.1) is 11.5 Å². The molecule has 1 unspecified atom stereocenters. The van der Waals surface area contributed by atoms with E-state index in [1.165, 1.54) is 0 Å². The number of hydrogen-bond acceptors (Lipinski definition) is 6. The summed E-state index contributed by atoms with van der Waals surface area (Å²) in [6.45, 7) is 3.24. The monoisotopic (exact) mass is 467 g/mol. The molecule has 1 atom stereocenters. The number of rotatable bonds is 10. The molecule has 1 aromatic rings. The van der Waals surface area contributed by atoms with Crippen LogP contribution in [0.25, 0.3) is 0 Å². The molecule has 0 heterocycles. The van der Waals surface area contributed by atoms with Crippen LogP contribution in [0.1, 0.15) is 80.6 Å². The smallest absolute Gasteiger partial charge is 0.335 e. The minimum atomic E-state index is -0.909. The quantitative estimate of drug-likeness (QED) is 0.300. The molecule has 9 heteroatoms. The topological polar surface area (TPSA) is 190 Å². The lowest BCUT2D eigenvalue weighted by molar-refractivity contribution is -0.143. The van der Waals surface area contributed by atoms with Crippen molar-refractivity contribution in [2.75, 3.05) is 6.54 Å². The average Bonchev–Trinajstić information content (AvgIpc) is 2.80. The Hall–Kier alpha value is -2.49. The molecule has 2 rings (SSSR count). The van der Waals surface area contributed by atoms with E-state index in [0.717, 1.165) is 50.5 Å². The fourth-order valence-electron chi connectivity index (χ4n) is 3.46. The highest BCUT2D eigenvalue weighted by Crippen LogP contribution is 2.27. The summed E-state index contributed by atoms with van der Waals surface area (Å²) in [7, 11) is 0. The lowest BCUT2D eigenvalue weighted by atomic mass is 9.82. The van der Waals surface area contributed by atoms with Gasteiger partial charge in [-0.1, -0.05) is 25.5 Å². The highest BCUT2D eigenvalue weighted by molar-refractivity contribution is 5.87. The van der Waals surface area contributed by atoms with Gasteiger partial charge in [-0.2, -0.15) is 0 Å². The first-order chi connectivity index (χ1) is 15.6. The van der Waals surface area contributed by atoms with Gasteiger partial charge in [-0.05, 0) is 75.1 Å². The Bertz CT molecular complexity index is 688. The first-order valence-electron chi connectivity index (χ1n) is 11.6. The largest absolute Gasteiger partial charge is 0.481 e. The molecule has 0 spiro atoms. The van der Waals surface area contributed by atoms with Crippen LogP contribution in [0, 0.1) is 11.8 Å². The predicted octanol–water partition coefficient (Wildman–Crippen LogP) is 3.05. The van der Waals surface area contributed by atoms with E-state index in [9.17, 15) is 14.4 Å². The molecule has 0 radical (unpaired) electrons. The van der Waals surface area contributed by atoms with E-state index in [2.05, 4.69) is 6.92 Å². The van der Waals surface area contributed by atoms with Crippen LogP contribution in [0.2, 0.25) is 0 Å². The predicted molar refractivity (Wildman–Crippen MR) is 128 cm³/mol. The zero-order valence-electron chi connectivity index (χ0n) is 19.6. The van der Waals surface area contributed by atoms with Crippen LogP contribution < -0.4 is 17.2 Å². The van der Waals surface area contributed by atoms with Crippen LogP contribution in [0.4, 0.5) is 0 Å². The van der Waals surface area contributed by atoms with Crippen molar-refractivity contribution in [1.29, 1.82) is 0 Å². The van der Waals surface area contributed by atoms with Gasteiger partial charge >= 0.3 is 17.9 Å². The number of carboxylic acid groups (broad SMARTS) is 3. The Balaban J connectivity index is 0.000000465. The fourth-order valence-corrected chi connectivity index (χ4v) is 3.46. The summed E-state index contributed by atoms with van der Waals surface area (Å²) in [5.74, 6) is -1.80. The second-order valence-electron chi connectivity index (χ2n) is 8.33.